The number of benzene rings is 1. The van der Waals surface area contributed by atoms with E-state index in [0.29, 0.717) is 11.2 Å². The van der Waals surface area contributed by atoms with Crippen molar-refractivity contribution in [1.29, 1.82) is 0 Å². The molecule has 1 aromatic heterocycles. The standard InChI is InChI=1S/C18H22FN3OS/c1-12-5-3-4-10-22(12)17(23)13(2)20-18-21-16(11-24-18)14-6-8-15(19)9-7-14/h6-9,11-13H,3-5,10H2,1-2H3,(H,20,21). The molecule has 1 aliphatic heterocycles. The predicted molar refractivity (Wildman–Crippen MR) is 95.6 cm³/mol. The number of amides is 1. The number of nitrogens with zero attached hydrogens (tertiary/aromatic N) is 2. The molecule has 0 spiro atoms. The first-order chi connectivity index (χ1) is 11.5. The Morgan fingerprint density at radius 2 is 2.12 bits per heavy atom. The number of hydrogen-bond donors (Lipinski definition) is 1. The highest BCUT2D eigenvalue weighted by atomic mass is 32.1. The molecule has 2 heterocycles. The molecule has 1 saturated heterocycles. The number of carbonyl (C=O) groups is 1. The van der Waals surface area contributed by atoms with Crippen molar-refractivity contribution in [2.75, 3.05) is 11.9 Å². The Labute approximate surface area is 145 Å². The maximum Gasteiger partial charge on any atom is 0.245 e. The van der Waals surface area contributed by atoms with Crippen molar-refractivity contribution in [2.24, 2.45) is 0 Å². The number of halogens is 1. The number of rotatable bonds is 4. The van der Waals surface area contributed by atoms with Gasteiger partial charge in [0.2, 0.25) is 5.91 Å². The number of carbonyl (C=O) groups excluding carboxylic acids is 1. The predicted octanol–water partition coefficient (Wildman–Crippen LogP) is 4.15. The monoisotopic (exact) mass is 347 g/mol. The molecular weight excluding hydrogens is 325 g/mol. The number of anilines is 1. The molecule has 0 saturated carbocycles. The maximum absolute atomic E-state index is 13.0. The van der Waals surface area contributed by atoms with Crippen molar-refractivity contribution >= 4 is 22.4 Å². The molecule has 1 amide bonds. The first kappa shape index (κ1) is 16.9. The minimum Gasteiger partial charge on any atom is -0.350 e. The van der Waals surface area contributed by atoms with Gasteiger partial charge < -0.3 is 10.2 Å². The van der Waals surface area contributed by atoms with Gasteiger partial charge in [0.25, 0.3) is 0 Å². The van der Waals surface area contributed by atoms with Gasteiger partial charge in [0.1, 0.15) is 11.9 Å². The van der Waals surface area contributed by atoms with E-state index < -0.39 is 0 Å². The van der Waals surface area contributed by atoms with Crippen molar-refractivity contribution in [3.63, 3.8) is 0 Å². The van der Waals surface area contributed by atoms with E-state index in [2.05, 4.69) is 17.2 Å². The van der Waals surface area contributed by atoms with Crippen LogP contribution in [0.15, 0.2) is 29.6 Å². The average Bonchev–Trinajstić information content (AvgIpc) is 3.04. The zero-order valence-corrected chi connectivity index (χ0v) is 14.8. The van der Waals surface area contributed by atoms with Crippen LogP contribution in [0.25, 0.3) is 11.3 Å². The van der Waals surface area contributed by atoms with Gasteiger partial charge in [-0.05, 0) is 57.4 Å². The molecule has 0 radical (unpaired) electrons. The van der Waals surface area contributed by atoms with E-state index in [0.717, 1.165) is 30.6 Å². The SMILES string of the molecule is CC(Nc1nc(-c2ccc(F)cc2)cs1)C(=O)N1CCCCC1C. The minimum atomic E-state index is -0.308. The number of piperidine rings is 1. The maximum atomic E-state index is 13.0. The van der Waals surface area contributed by atoms with Gasteiger partial charge >= 0.3 is 0 Å². The summed E-state index contributed by atoms with van der Waals surface area (Å²) in [5.41, 5.74) is 1.65. The summed E-state index contributed by atoms with van der Waals surface area (Å²) >= 11 is 1.46. The fourth-order valence-corrected chi connectivity index (χ4v) is 3.82. The number of thiazole rings is 1. The second-order valence-corrected chi connectivity index (χ2v) is 7.15. The fourth-order valence-electron chi connectivity index (χ4n) is 3.01. The third-order valence-corrected chi connectivity index (χ3v) is 5.21. The Balaban J connectivity index is 1.65. The molecule has 1 N–H and O–H groups in total. The largest absolute Gasteiger partial charge is 0.350 e. The summed E-state index contributed by atoms with van der Waals surface area (Å²) in [7, 11) is 0. The number of nitrogens with one attached hydrogen (secondary N) is 1. The Hall–Kier alpha value is -1.95. The fraction of sp³-hybridized carbons (Fsp3) is 0.444. The van der Waals surface area contributed by atoms with Crippen LogP contribution in [0.5, 0.6) is 0 Å². The molecular formula is C18H22FN3OS. The zero-order valence-electron chi connectivity index (χ0n) is 14.0. The van der Waals surface area contributed by atoms with Crippen LogP contribution in [0.4, 0.5) is 9.52 Å². The third-order valence-electron chi connectivity index (χ3n) is 4.44. The second kappa shape index (κ2) is 7.30. The Morgan fingerprint density at radius 1 is 1.38 bits per heavy atom. The van der Waals surface area contributed by atoms with Crippen molar-refractivity contribution in [3.8, 4) is 11.3 Å². The van der Waals surface area contributed by atoms with Gasteiger partial charge in [0.05, 0.1) is 5.69 Å². The smallest absolute Gasteiger partial charge is 0.245 e. The van der Waals surface area contributed by atoms with E-state index >= 15 is 0 Å². The molecule has 1 aromatic carbocycles. The molecule has 2 unspecified atom stereocenters. The summed E-state index contributed by atoms with van der Waals surface area (Å²) in [6.45, 7) is 4.83. The van der Waals surface area contributed by atoms with E-state index in [1.165, 1.54) is 29.9 Å². The molecule has 24 heavy (non-hydrogen) atoms. The Kier molecular flexibility index (Phi) is 5.14. The summed E-state index contributed by atoms with van der Waals surface area (Å²) in [6, 6.07) is 6.26. The molecule has 1 aliphatic rings. The highest BCUT2D eigenvalue weighted by Crippen LogP contribution is 2.26. The first-order valence-corrected chi connectivity index (χ1v) is 9.21. The molecule has 2 atom stereocenters. The molecule has 4 nitrogen and oxygen atoms in total. The van der Waals surface area contributed by atoms with Crippen molar-refractivity contribution in [2.45, 2.75) is 45.2 Å². The first-order valence-electron chi connectivity index (χ1n) is 8.33. The van der Waals surface area contributed by atoms with E-state index in [1.54, 1.807) is 12.1 Å². The Bertz CT molecular complexity index is 701. The summed E-state index contributed by atoms with van der Waals surface area (Å²) in [4.78, 5) is 19.1. The van der Waals surface area contributed by atoms with Gasteiger partial charge in [-0.15, -0.1) is 11.3 Å². The van der Waals surface area contributed by atoms with Gasteiger partial charge in [-0.3, -0.25) is 4.79 Å². The molecule has 1 fully saturated rings. The zero-order chi connectivity index (χ0) is 17.1. The molecule has 128 valence electrons. The Morgan fingerprint density at radius 3 is 2.83 bits per heavy atom. The summed E-state index contributed by atoms with van der Waals surface area (Å²) < 4.78 is 13.0. The molecule has 3 rings (SSSR count). The van der Waals surface area contributed by atoms with Crippen molar-refractivity contribution in [3.05, 3.63) is 35.5 Å². The van der Waals surface area contributed by atoms with Crippen LogP contribution < -0.4 is 5.32 Å². The normalized spacial score (nSPS) is 19.1. The summed E-state index contributed by atoms with van der Waals surface area (Å²) in [6.07, 6.45) is 3.35. The highest BCUT2D eigenvalue weighted by molar-refractivity contribution is 7.14. The number of hydrogen-bond acceptors (Lipinski definition) is 4. The number of likely N-dealkylation sites (tertiary alicyclic amines) is 1. The van der Waals surface area contributed by atoms with Crippen LogP contribution in [0.3, 0.4) is 0 Å². The van der Waals surface area contributed by atoms with E-state index in [9.17, 15) is 9.18 Å². The molecule has 2 aromatic rings. The second-order valence-electron chi connectivity index (χ2n) is 6.29. The van der Waals surface area contributed by atoms with Crippen molar-refractivity contribution in [1.82, 2.24) is 9.88 Å². The van der Waals surface area contributed by atoms with Crippen LogP contribution in [-0.4, -0.2) is 34.4 Å². The van der Waals surface area contributed by atoms with Crippen LogP contribution in [0.2, 0.25) is 0 Å². The summed E-state index contributed by atoms with van der Waals surface area (Å²) in [5.74, 6) is -0.136. The highest BCUT2D eigenvalue weighted by Gasteiger charge is 2.27. The third kappa shape index (κ3) is 3.75. The lowest BCUT2D eigenvalue weighted by Gasteiger charge is -2.35. The summed E-state index contributed by atoms with van der Waals surface area (Å²) in [5, 5.41) is 5.82. The topological polar surface area (TPSA) is 45.2 Å². The molecule has 0 aliphatic carbocycles. The van der Waals surface area contributed by atoms with Gasteiger partial charge in [-0.1, -0.05) is 0 Å². The van der Waals surface area contributed by atoms with Crippen molar-refractivity contribution < 1.29 is 9.18 Å². The van der Waals surface area contributed by atoms with E-state index in [1.807, 2.05) is 17.2 Å². The molecule has 0 bridgehead atoms. The average molecular weight is 347 g/mol. The van der Waals surface area contributed by atoms with Gasteiger partial charge in [0.15, 0.2) is 5.13 Å². The van der Waals surface area contributed by atoms with Gasteiger partial charge in [-0.2, -0.15) is 0 Å². The van der Waals surface area contributed by atoms with E-state index in [4.69, 9.17) is 0 Å². The van der Waals surface area contributed by atoms with Gasteiger partial charge in [0, 0.05) is 23.5 Å². The lowest BCUT2D eigenvalue weighted by Crippen LogP contribution is -2.48. The van der Waals surface area contributed by atoms with Gasteiger partial charge in [-0.25, -0.2) is 9.37 Å². The number of aromatic nitrogens is 1. The van der Waals surface area contributed by atoms with Crippen LogP contribution >= 0.6 is 11.3 Å². The van der Waals surface area contributed by atoms with Crippen LogP contribution in [0.1, 0.15) is 33.1 Å². The lowest BCUT2D eigenvalue weighted by molar-refractivity contribution is -0.134. The van der Waals surface area contributed by atoms with Crippen LogP contribution in [0, 0.1) is 5.82 Å². The quantitative estimate of drug-likeness (QED) is 0.904. The molecule has 6 heteroatoms. The lowest BCUT2D eigenvalue weighted by atomic mass is 10.0. The minimum absolute atomic E-state index is 0.126. The van der Waals surface area contributed by atoms with E-state index in [-0.39, 0.29) is 17.8 Å². The van der Waals surface area contributed by atoms with Crippen LogP contribution in [-0.2, 0) is 4.79 Å².